The predicted molar refractivity (Wildman–Crippen MR) is 128 cm³/mol. The number of carbonyl (C=O) groups excluding carboxylic acids is 1. The number of nitrogens with zero attached hydrogens (tertiary/aromatic N) is 1. The Balaban J connectivity index is 1.59. The van der Waals surface area contributed by atoms with Gasteiger partial charge in [0.05, 0.1) is 20.8 Å². The Hall–Kier alpha value is -4.47. The number of carbonyl (C=O) groups is 1. The zero-order chi connectivity index (χ0) is 25.9. The molecule has 0 radical (unpaired) electrons. The largest absolute Gasteiger partial charge is 0.573 e. The van der Waals surface area contributed by atoms with Crippen LogP contribution in [0.1, 0.15) is 15.9 Å². The Morgan fingerprint density at radius 3 is 2.17 bits per heavy atom. The number of aromatic nitrogens is 1. The molecule has 0 aliphatic rings. The molecule has 1 N–H and O–H groups in total. The molecular weight excluding hydrogens is 477 g/mol. The number of methoxy groups -OCH3 is 2. The van der Waals surface area contributed by atoms with E-state index in [0.29, 0.717) is 39.1 Å². The Bertz CT molecular complexity index is 1440. The summed E-state index contributed by atoms with van der Waals surface area (Å²) in [6, 6.07) is 16.7. The second kappa shape index (κ2) is 10.0. The first-order valence-corrected chi connectivity index (χ1v) is 10.7. The van der Waals surface area contributed by atoms with E-state index in [4.69, 9.17) is 9.47 Å². The van der Waals surface area contributed by atoms with Gasteiger partial charge in [-0.3, -0.25) is 9.59 Å². The molecule has 4 rings (SSSR count). The van der Waals surface area contributed by atoms with E-state index in [0.717, 1.165) is 0 Å². The predicted octanol–water partition coefficient (Wildman–Crippen LogP) is 5.22. The Morgan fingerprint density at radius 2 is 1.56 bits per heavy atom. The molecule has 0 bridgehead atoms. The van der Waals surface area contributed by atoms with E-state index in [-0.39, 0.29) is 17.9 Å². The number of hydrogen-bond acceptors (Lipinski definition) is 5. The highest BCUT2D eigenvalue weighted by molar-refractivity contribution is 6.09. The highest BCUT2D eigenvalue weighted by atomic mass is 19.4. The topological polar surface area (TPSA) is 78.8 Å². The molecule has 10 heteroatoms. The zero-order valence-corrected chi connectivity index (χ0v) is 19.3. The van der Waals surface area contributed by atoms with Gasteiger partial charge in [0.1, 0.15) is 17.2 Å². The lowest BCUT2D eigenvalue weighted by molar-refractivity contribution is -0.274. The molecule has 1 amide bonds. The zero-order valence-electron chi connectivity index (χ0n) is 19.3. The van der Waals surface area contributed by atoms with Gasteiger partial charge in [-0.05, 0) is 48.0 Å². The summed E-state index contributed by atoms with van der Waals surface area (Å²) in [5.74, 6) is 0.160. The number of alkyl halides is 3. The summed E-state index contributed by atoms with van der Waals surface area (Å²) >= 11 is 0. The van der Waals surface area contributed by atoms with Crippen LogP contribution in [0.5, 0.6) is 17.2 Å². The van der Waals surface area contributed by atoms with Gasteiger partial charge >= 0.3 is 6.36 Å². The molecule has 0 unspecified atom stereocenters. The summed E-state index contributed by atoms with van der Waals surface area (Å²) < 4.78 is 52.8. The first kappa shape index (κ1) is 24.6. The first-order chi connectivity index (χ1) is 17.2. The summed E-state index contributed by atoms with van der Waals surface area (Å²) in [4.78, 5) is 26.0. The van der Waals surface area contributed by atoms with E-state index in [1.807, 2.05) is 0 Å². The van der Waals surface area contributed by atoms with Crippen LogP contribution >= 0.6 is 0 Å². The van der Waals surface area contributed by atoms with Gasteiger partial charge < -0.3 is 24.1 Å². The minimum absolute atomic E-state index is 0.140. The third kappa shape index (κ3) is 5.60. The van der Waals surface area contributed by atoms with Crippen molar-refractivity contribution < 1.29 is 32.2 Å². The maximum Gasteiger partial charge on any atom is 0.573 e. The van der Waals surface area contributed by atoms with E-state index >= 15 is 0 Å². The van der Waals surface area contributed by atoms with Crippen molar-refractivity contribution >= 4 is 22.4 Å². The monoisotopic (exact) mass is 498 g/mol. The van der Waals surface area contributed by atoms with E-state index in [1.165, 1.54) is 43.1 Å². The quantitative estimate of drug-likeness (QED) is 0.378. The summed E-state index contributed by atoms with van der Waals surface area (Å²) in [5.41, 5.74) is 1.05. The molecule has 0 spiro atoms. The Labute approximate surface area is 203 Å². The summed E-state index contributed by atoms with van der Waals surface area (Å²) in [6.07, 6.45) is -3.21. The summed E-state index contributed by atoms with van der Waals surface area (Å²) in [7, 11) is 2.97. The number of nitrogens with one attached hydrogen (secondary N) is 1. The average molecular weight is 498 g/mol. The van der Waals surface area contributed by atoms with E-state index in [2.05, 4.69) is 10.1 Å². The molecule has 1 aromatic heterocycles. The first-order valence-electron chi connectivity index (χ1n) is 10.7. The number of benzene rings is 3. The normalized spacial score (nSPS) is 11.2. The molecule has 3 aromatic carbocycles. The number of halogens is 3. The van der Waals surface area contributed by atoms with Crippen molar-refractivity contribution in [2.24, 2.45) is 0 Å². The summed E-state index contributed by atoms with van der Waals surface area (Å²) in [5, 5.41) is 3.73. The van der Waals surface area contributed by atoms with Gasteiger partial charge in [0.2, 0.25) is 0 Å². The van der Waals surface area contributed by atoms with Crippen molar-refractivity contribution in [2.75, 3.05) is 19.5 Å². The molecular formula is C26H21F3N2O5. The number of pyridine rings is 1. The third-order valence-corrected chi connectivity index (χ3v) is 5.39. The lowest BCUT2D eigenvalue weighted by atomic mass is 10.1. The fourth-order valence-electron chi connectivity index (χ4n) is 3.68. The highest BCUT2D eigenvalue weighted by Gasteiger charge is 2.30. The summed E-state index contributed by atoms with van der Waals surface area (Å²) in [6.45, 7) is 0.140. The molecule has 186 valence electrons. The maximum atomic E-state index is 13.1. The minimum atomic E-state index is -4.78. The molecule has 1 heterocycles. The van der Waals surface area contributed by atoms with Crippen molar-refractivity contribution in [3.8, 4) is 17.2 Å². The molecule has 0 fully saturated rings. The van der Waals surface area contributed by atoms with Crippen LogP contribution in [-0.2, 0) is 6.54 Å². The number of amides is 1. The van der Waals surface area contributed by atoms with Gasteiger partial charge in [-0.15, -0.1) is 13.2 Å². The molecule has 0 saturated heterocycles. The third-order valence-electron chi connectivity index (χ3n) is 5.39. The van der Waals surface area contributed by atoms with Crippen molar-refractivity contribution in [3.63, 3.8) is 0 Å². The van der Waals surface area contributed by atoms with Gasteiger partial charge in [-0.2, -0.15) is 0 Å². The van der Waals surface area contributed by atoms with Crippen molar-refractivity contribution in [1.82, 2.24) is 4.57 Å². The van der Waals surface area contributed by atoms with Crippen LogP contribution in [0.4, 0.5) is 18.9 Å². The fraction of sp³-hybridized carbons (Fsp3) is 0.154. The minimum Gasteiger partial charge on any atom is -0.497 e. The van der Waals surface area contributed by atoms with Crippen molar-refractivity contribution in [1.29, 1.82) is 0 Å². The second-order valence-corrected chi connectivity index (χ2v) is 7.76. The number of ether oxygens (including phenoxy) is 3. The Morgan fingerprint density at radius 1 is 0.889 bits per heavy atom. The molecule has 0 aliphatic heterocycles. The second-order valence-electron chi connectivity index (χ2n) is 7.76. The fourth-order valence-corrected chi connectivity index (χ4v) is 3.68. The number of rotatable bonds is 7. The molecule has 4 aromatic rings. The number of hydrogen-bond donors (Lipinski definition) is 1. The number of anilines is 1. The highest BCUT2D eigenvalue weighted by Crippen LogP contribution is 2.26. The van der Waals surface area contributed by atoms with E-state index < -0.39 is 12.3 Å². The van der Waals surface area contributed by atoms with Crippen LogP contribution in [0.25, 0.3) is 10.8 Å². The lowest BCUT2D eigenvalue weighted by Gasteiger charge is -2.13. The molecule has 0 saturated carbocycles. The standard InChI is InChI=1S/C26H21F3N2O5/c1-34-19-12-17(13-20(14-19)35-2)24(32)30-23-5-3-4-22-21(23)10-11-31(25(22)33)15-16-6-8-18(9-7-16)36-26(27,28)29/h3-14H,15H2,1-2H3,(H,30,32). The van der Waals surface area contributed by atoms with Gasteiger partial charge in [0, 0.05) is 34.3 Å². The van der Waals surface area contributed by atoms with Crippen LogP contribution in [0, 0.1) is 0 Å². The van der Waals surface area contributed by atoms with Crippen molar-refractivity contribution in [2.45, 2.75) is 12.9 Å². The van der Waals surface area contributed by atoms with Crippen LogP contribution in [0.3, 0.4) is 0 Å². The molecule has 0 atom stereocenters. The van der Waals surface area contributed by atoms with Crippen molar-refractivity contribution in [3.05, 3.63) is 94.4 Å². The number of fused-ring (bicyclic) bond motifs is 1. The van der Waals surface area contributed by atoms with Gasteiger partial charge in [-0.25, -0.2) is 0 Å². The molecule has 7 nitrogen and oxygen atoms in total. The van der Waals surface area contributed by atoms with Crippen LogP contribution in [-0.4, -0.2) is 31.1 Å². The smallest absolute Gasteiger partial charge is 0.497 e. The molecule has 0 aliphatic carbocycles. The van der Waals surface area contributed by atoms with Crippen LogP contribution < -0.4 is 25.1 Å². The molecule has 36 heavy (non-hydrogen) atoms. The maximum absolute atomic E-state index is 13.1. The van der Waals surface area contributed by atoms with E-state index in [1.54, 1.807) is 48.7 Å². The lowest BCUT2D eigenvalue weighted by Crippen LogP contribution is -2.21. The van der Waals surface area contributed by atoms with Gasteiger partial charge in [0.25, 0.3) is 11.5 Å². The van der Waals surface area contributed by atoms with Gasteiger partial charge in [0.15, 0.2) is 0 Å². The average Bonchev–Trinajstić information content (AvgIpc) is 2.86. The SMILES string of the molecule is COc1cc(OC)cc(C(=O)Nc2cccc3c(=O)n(Cc4ccc(OC(F)(F)F)cc4)ccc23)c1. The van der Waals surface area contributed by atoms with E-state index in [9.17, 15) is 22.8 Å². The van der Waals surface area contributed by atoms with Crippen LogP contribution in [0.2, 0.25) is 0 Å². The van der Waals surface area contributed by atoms with Crippen LogP contribution in [0.15, 0.2) is 77.7 Å². The van der Waals surface area contributed by atoms with Gasteiger partial charge in [-0.1, -0.05) is 18.2 Å². The Kier molecular flexibility index (Phi) is 6.86.